The summed E-state index contributed by atoms with van der Waals surface area (Å²) >= 11 is 0. The smallest absolute Gasteiger partial charge is 0.220 e. The van der Waals surface area contributed by atoms with Crippen molar-refractivity contribution in [2.45, 2.75) is 466 Å². The molecule has 0 bridgehead atoms. The molecule has 14 nitrogen and oxygen atoms in total. The fraction of sp³-hybridized carbons (Fsp3) is 0.817. The summed E-state index contributed by atoms with van der Waals surface area (Å²) in [7, 11) is 0. The average molecular weight is 1510 g/mol. The molecule has 0 radical (unpaired) electrons. The average Bonchev–Trinajstić information content (AvgIpc) is 0.789. The van der Waals surface area contributed by atoms with Crippen molar-refractivity contribution in [3.63, 3.8) is 0 Å². The van der Waals surface area contributed by atoms with Crippen LogP contribution >= 0.6 is 0 Å². The number of carbonyl (C=O) groups excluding carboxylic acids is 1. The number of amides is 1. The summed E-state index contributed by atoms with van der Waals surface area (Å²) in [6.45, 7) is 2.81. The molecule has 14 heteroatoms. The molecule has 622 valence electrons. The lowest BCUT2D eigenvalue weighted by molar-refractivity contribution is -0.359. The third-order valence-electron chi connectivity index (χ3n) is 21.6. The first-order valence-corrected chi connectivity index (χ1v) is 45.0. The van der Waals surface area contributed by atoms with Gasteiger partial charge >= 0.3 is 0 Å². The molecule has 0 saturated carbocycles. The van der Waals surface area contributed by atoms with Gasteiger partial charge in [-0.05, 0) is 77.0 Å². The lowest BCUT2D eigenvalue weighted by atomic mass is 9.97. The molecule has 0 aromatic carbocycles. The number of carbonyl (C=O) groups is 1. The molecule has 12 unspecified atom stereocenters. The van der Waals surface area contributed by atoms with Gasteiger partial charge in [0, 0.05) is 6.42 Å². The van der Waals surface area contributed by atoms with Crippen molar-refractivity contribution in [3.05, 3.63) is 97.2 Å². The van der Waals surface area contributed by atoms with E-state index in [0.29, 0.717) is 12.8 Å². The molecular weight excluding hydrogens is 1340 g/mol. The number of allylic oxidation sites excluding steroid dienone is 16. The quantitative estimate of drug-likeness (QED) is 0.0204. The zero-order chi connectivity index (χ0) is 77.2. The molecule has 2 aliphatic heterocycles. The first kappa shape index (κ1) is 100.0. The van der Waals surface area contributed by atoms with Crippen LogP contribution in [0.25, 0.3) is 0 Å². The Kier molecular flexibility index (Phi) is 70.6. The van der Waals surface area contributed by atoms with Crippen molar-refractivity contribution < 1.29 is 64.6 Å². The van der Waals surface area contributed by atoms with Crippen LogP contribution < -0.4 is 5.32 Å². The summed E-state index contributed by atoms with van der Waals surface area (Å²) in [5, 5.41) is 88.1. The monoisotopic (exact) mass is 1510 g/mol. The highest BCUT2D eigenvalue weighted by Gasteiger charge is 2.51. The number of nitrogens with one attached hydrogen (secondary N) is 1. The van der Waals surface area contributed by atoms with Gasteiger partial charge in [-0.1, -0.05) is 406 Å². The number of hydrogen-bond donors (Lipinski definition) is 9. The maximum atomic E-state index is 13.4. The van der Waals surface area contributed by atoms with E-state index in [0.717, 1.165) is 103 Å². The minimum absolute atomic E-state index is 0.203. The summed E-state index contributed by atoms with van der Waals surface area (Å²) in [5.74, 6) is -0.203. The van der Waals surface area contributed by atoms with Crippen LogP contribution in [-0.2, 0) is 23.7 Å². The number of hydrogen-bond acceptors (Lipinski definition) is 13. The van der Waals surface area contributed by atoms with E-state index >= 15 is 0 Å². The fourth-order valence-corrected chi connectivity index (χ4v) is 14.6. The Bertz CT molecular complexity index is 2180. The predicted octanol–water partition coefficient (Wildman–Crippen LogP) is 22.0. The van der Waals surface area contributed by atoms with E-state index in [1.165, 1.54) is 263 Å². The molecule has 0 aromatic heterocycles. The number of aliphatic hydroxyl groups is 8. The molecule has 9 N–H and O–H groups in total. The van der Waals surface area contributed by atoms with E-state index in [1.807, 2.05) is 0 Å². The van der Waals surface area contributed by atoms with Crippen molar-refractivity contribution >= 4 is 5.91 Å². The Hall–Kier alpha value is -3.09. The minimum atomic E-state index is -1.79. The van der Waals surface area contributed by atoms with Gasteiger partial charge in [-0.15, -0.1) is 0 Å². The van der Waals surface area contributed by atoms with E-state index in [2.05, 4.69) is 116 Å². The van der Waals surface area contributed by atoms with Crippen LogP contribution in [0.2, 0.25) is 0 Å². The molecule has 12 atom stereocenters. The van der Waals surface area contributed by atoms with Crippen LogP contribution in [0.5, 0.6) is 0 Å². The molecule has 0 aromatic rings. The van der Waals surface area contributed by atoms with E-state index in [9.17, 15) is 45.6 Å². The fourth-order valence-electron chi connectivity index (χ4n) is 14.6. The van der Waals surface area contributed by atoms with Crippen molar-refractivity contribution in [2.75, 3.05) is 19.8 Å². The second-order valence-electron chi connectivity index (χ2n) is 31.4. The Morgan fingerprint density at radius 1 is 0.346 bits per heavy atom. The predicted molar refractivity (Wildman–Crippen MR) is 447 cm³/mol. The van der Waals surface area contributed by atoms with Gasteiger partial charge in [0.1, 0.15) is 48.8 Å². The van der Waals surface area contributed by atoms with Crippen LogP contribution in [0.1, 0.15) is 393 Å². The van der Waals surface area contributed by atoms with E-state index in [4.69, 9.17) is 18.9 Å². The topological polar surface area (TPSA) is 228 Å². The zero-order valence-electron chi connectivity index (χ0n) is 68.6. The number of aliphatic hydroxyl groups excluding tert-OH is 8. The Morgan fingerprint density at radius 3 is 0.991 bits per heavy atom. The standard InChI is InChI=1S/C93H167NO13/c1-3-5-7-9-11-13-15-17-19-21-23-25-27-29-31-33-35-37-38-39-40-41-42-43-44-45-47-49-51-53-55-57-59-61-63-65-67-69-71-73-75-77-85(98)94-81(80-104-92-90(103)88(101)91(84(79-96)106-92)107-93-89(102)87(100)86(99)83(78-95)105-93)82(97)76-74-72-70-68-66-64-62-60-58-56-54-52-50-48-46-36-34-32-30-28-26-24-22-20-18-16-14-12-10-8-6-4-2/h5,7,11,13,17,19,23,25,29,31,35,37,39-40,42-43,81-84,86-93,95-97,99-103H,3-4,6,8-10,12,14-16,18,20-22,24,26-28,30,32-34,36,38,41,44-80H2,1-2H3,(H,94,98)/b7-5-,13-11-,19-17-,25-23-,31-29-,37-35-,40-39-,43-42-. The third-order valence-corrected chi connectivity index (χ3v) is 21.6. The Labute approximate surface area is 655 Å². The largest absolute Gasteiger partial charge is 0.394 e. The van der Waals surface area contributed by atoms with Gasteiger partial charge in [0.2, 0.25) is 5.91 Å². The van der Waals surface area contributed by atoms with E-state index < -0.39 is 86.8 Å². The normalized spacial score (nSPS) is 21.7. The minimum Gasteiger partial charge on any atom is -0.394 e. The maximum Gasteiger partial charge on any atom is 0.220 e. The number of unbranched alkanes of at least 4 members (excludes halogenated alkanes) is 47. The highest BCUT2D eigenvalue weighted by molar-refractivity contribution is 5.76. The van der Waals surface area contributed by atoms with Gasteiger partial charge in [0.05, 0.1) is 32.0 Å². The summed E-state index contributed by atoms with van der Waals surface area (Å²) < 4.78 is 23.0. The number of ether oxygens (including phenoxy) is 4. The molecule has 2 aliphatic rings. The van der Waals surface area contributed by atoms with Crippen LogP contribution in [-0.4, -0.2) is 140 Å². The molecule has 0 aliphatic carbocycles. The van der Waals surface area contributed by atoms with Gasteiger partial charge < -0.3 is 65.1 Å². The van der Waals surface area contributed by atoms with Crippen LogP contribution in [0, 0.1) is 0 Å². The molecule has 2 fully saturated rings. The van der Waals surface area contributed by atoms with Crippen molar-refractivity contribution in [3.8, 4) is 0 Å². The third kappa shape index (κ3) is 57.6. The van der Waals surface area contributed by atoms with Crippen molar-refractivity contribution in [2.24, 2.45) is 0 Å². The van der Waals surface area contributed by atoms with Gasteiger partial charge in [0.15, 0.2) is 12.6 Å². The molecule has 1 amide bonds. The van der Waals surface area contributed by atoms with Crippen molar-refractivity contribution in [1.29, 1.82) is 0 Å². The van der Waals surface area contributed by atoms with Crippen LogP contribution in [0.3, 0.4) is 0 Å². The first-order chi connectivity index (χ1) is 52.6. The lowest BCUT2D eigenvalue weighted by Crippen LogP contribution is -2.65. The zero-order valence-corrected chi connectivity index (χ0v) is 68.6. The van der Waals surface area contributed by atoms with E-state index in [1.54, 1.807) is 0 Å². The summed E-state index contributed by atoms with van der Waals surface area (Å²) in [5.41, 5.74) is 0. The van der Waals surface area contributed by atoms with Crippen LogP contribution in [0.4, 0.5) is 0 Å². The highest BCUT2D eigenvalue weighted by Crippen LogP contribution is 2.31. The summed E-state index contributed by atoms with van der Waals surface area (Å²) in [6, 6.07) is -0.835. The van der Waals surface area contributed by atoms with Crippen molar-refractivity contribution in [1.82, 2.24) is 5.32 Å². The highest BCUT2D eigenvalue weighted by atomic mass is 16.7. The Balaban J connectivity index is 1.56. The summed E-state index contributed by atoms with van der Waals surface area (Å²) in [6.07, 6.45) is 91.8. The molecular formula is C93H167NO13. The number of rotatable bonds is 76. The maximum absolute atomic E-state index is 13.4. The molecule has 0 spiro atoms. The van der Waals surface area contributed by atoms with Gasteiger partial charge in [0.25, 0.3) is 0 Å². The lowest BCUT2D eigenvalue weighted by Gasteiger charge is -2.46. The van der Waals surface area contributed by atoms with Gasteiger partial charge in [-0.3, -0.25) is 4.79 Å². The van der Waals surface area contributed by atoms with Gasteiger partial charge in [-0.2, -0.15) is 0 Å². The second-order valence-corrected chi connectivity index (χ2v) is 31.4. The van der Waals surface area contributed by atoms with E-state index in [-0.39, 0.29) is 12.5 Å². The molecule has 2 heterocycles. The SMILES string of the molecule is CC/C=C\C/C=C\C/C=C\C/C=C\C/C=C\C/C=C\C/C=C\C/C=C\CCCCCCCCCCCCCCCCCCC(=O)NC(COC1OC(CO)C(OC2OC(CO)C(O)C(O)C2O)C(O)C1O)C(O)CCCCCCCCCCCCCCCCCCCCCCCCCCCCCCCCCC. The van der Waals surface area contributed by atoms with Gasteiger partial charge in [-0.25, -0.2) is 0 Å². The molecule has 2 saturated heterocycles. The second kappa shape index (κ2) is 75.6. The molecule has 2 rings (SSSR count). The Morgan fingerprint density at radius 2 is 0.645 bits per heavy atom. The van der Waals surface area contributed by atoms with Crippen LogP contribution in [0.15, 0.2) is 97.2 Å². The summed E-state index contributed by atoms with van der Waals surface area (Å²) in [4.78, 5) is 13.4. The molecule has 107 heavy (non-hydrogen) atoms. The first-order valence-electron chi connectivity index (χ1n) is 45.0.